The summed E-state index contributed by atoms with van der Waals surface area (Å²) in [7, 11) is 0. The lowest BCUT2D eigenvalue weighted by Crippen LogP contribution is -2.40. The average Bonchev–Trinajstić information content (AvgIpc) is 3.63. The fourth-order valence-electron chi connectivity index (χ4n) is 3.95. The Bertz CT molecular complexity index is 779. The molecule has 0 radical (unpaired) electrons. The van der Waals surface area contributed by atoms with Crippen LogP contribution >= 0.6 is 0 Å². The molecule has 4 nitrogen and oxygen atoms in total. The van der Waals surface area contributed by atoms with Crippen LogP contribution < -0.4 is 10.6 Å². The standard InChI is InChI=1S/C17H26N2.C10H12.CH2O2/c1-13-3-2-4-14(11-13)12-18-15-5-7-16(8-6-15)19-17-9-10-17;1-2-3-7-10-8-5-4-6-9-10;2-1-3/h2-4,11,15-19H,5-10,12H2,1H3;3-9H,2H2,1H3;1H,(H,2,3)/b;7-3-;. The Morgan fingerprint density at radius 3 is 2.06 bits per heavy atom. The molecule has 0 heterocycles. The van der Waals surface area contributed by atoms with Crippen molar-refractivity contribution in [3.05, 3.63) is 77.4 Å². The summed E-state index contributed by atoms with van der Waals surface area (Å²) < 4.78 is 0. The highest BCUT2D eigenvalue weighted by Gasteiger charge is 2.27. The van der Waals surface area contributed by atoms with E-state index in [4.69, 9.17) is 9.90 Å². The zero-order valence-electron chi connectivity index (χ0n) is 19.7. The minimum Gasteiger partial charge on any atom is -0.483 e. The first kappa shape index (κ1) is 25.8. The molecule has 3 N–H and O–H groups in total. The third-order valence-electron chi connectivity index (χ3n) is 5.80. The summed E-state index contributed by atoms with van der Waals surface area (Å²) in [4.78, 5) is 8.36. The second-order valence-corrected chi connectivity index (χ2v) is 8.69. The van der Waals surface area contributed by atoms with Crippen molar-refractivity contribution < 1.29 is 9.90 Å². The van der Waals surface area contributed by atoms with Gasteiger partial charge < -0.3 is 15.7 Å². The largest absolute Gasteiger partial charge is 0.483 e. The van der Waals surface area contributed by atoms with E-state index in [2.05, 4.69) is 85.2 Å². The van der Waals surface area contributed by atoms with Crippen LogP contribution in [-0.4, -0.2) is 29.7 Å². The van der Waals surface area contributed by atoms with E-state index in [1.807, 2.05) is 6.07 Å². The SMILES string of the molecule is CC/C=C\c1ccccc1.Cc1cccc(CNC2CCC(NC3CC3)CC2)c1.O=CO. The Labute approximate surface area is 194 Å². The van der Waals surface area contributed by atoms with Crippen LogP contribution in [0.2, 0.25) is 0 Å². The number of carboxylic acid groups (broad SMARTS) is 1. The molecule has 0 aromatic heterocycles. The molecule has 2 aliphatic rings. The molecule has 0 spiro atoms. The molecule has 2 aromatic rings. The van der Waals surface area contributed by atoms with Gasteiger partial charge >= 0.3 is 0 Å². The Morgan fingerprint density at radius 2 is 1.50 bits per heavy atom. The summed E-state index contributed by atoms with van der Waals surface area (Å²) in [5.74, 6) is 0. The molecule has 0 amide bonds. The molecular formula is C28H40N2O2. The number of hydrogen-bond donors (Lipinski definition) is 3. The predicted octanol–water partition coefficient (Wildman–Crippen LogP) is 5.96. The molecule has 32 heavy (non-hydrogen) atoms. The highest BCUT2D eigenvalue weighted by atomic mass is 16.3. The van der Waals surface area contributed by atoms with Crippen LogP contribution in [0.3, 0.4) is 0 Å². The summed E-state index contributed by atoms with van der Waals surface area (Å²) in [5, 5.41) is 14.4. The van der Waals surface area contributed by atoms with Crippen LogP contribution in [0.25, 0.3) is 6.08 Å². The maximum absolute atomic E-state index is 8.36. The van der Waals surface area contributed by atoms with Gasteiger partial charge in [-0.15, -0.1) is 0 Å². The number of nitrogens with one attached hydrogen (secondary N) is 2. The van der Waals surface area contributed by atoms with Gasteiger partial charge in [0.2, 0.25) is 0 Å². The number of rotatable bonds is 7. The van der Waals surface area contributed by atoms with E-state index >= 15 is 0 Å². The summed E-state index contributed by atoms with van der Waals surface area (Å²) in [5.41, 5.74) is 4.05. The normalized spacial score (nSPS) is 19.9. The molecule has 2 fully saturated rings. The van der Waals surface area contributed by atoms with Gasteiger partial charge in [0.25, 0.3) is 6.47 Å². The van der Waals surface area contributed by atoms with Crippen molar-refractivity contribution in [1.29, 1.82) is 0 Å². The van der Waals surface area contributed by atoms with Gasteiger partial charge in [-0.3, -0.25) is 4.79 Å². The fourth-order valence-corrected chi connectivity index (χ4v) is 3.95. The molecule has 2 aromatic carbocycles. The summed E-state index contributed by atoms with van der Waals surface area (Å²) in [6, 6.07) is 21.5. The summed E-state index contributed by atoms with van der Waals surface area (Å²) in [6.07, 6.45) is 13.6. The number of hydrogen-bond acceptors (Lipinski definition) is 3. The number of benzene rings is 2. The smallest absolute Gasteiger partial charge is 0.290 e. The Kier molecular flexibility index (Phi) is 12.4. The molecule has 0 atom stereocenters. The van der Waals surface area contributed by atoms with Gasteiger partial charge in [0.15, 0.2) is 0 Å². The van der Waals surface area contributed by atoms with Gasteiger partial charge in [0.1, 0.15) is 0 Å². The van der Waals surface area contributed by atoms with E-state index in [0.717, 1.165) is 31.1 Å². The molecule has 4 heteroatoms. The monoisotopic (exact) mass is 436 g/mol. The van der Waals surface area contributed by atoms with Crippen LogP contribution in [0, 0.1) is 6.92 Å². The van der Waals surface area contributed by atoms with Crippen LogP contribution in [0.1, 0.15) is 68.6 Å². The lowest BCUT2D eigenvalue weighted by Gasteiger charge is -2.30. The zero-order chi connectivity index (χ0) is 23.0. The molecule has 0 unspecified atom stereocenters. The molecule has 4 rings (SSSR count). The first-order valence-electron chi connectivity index (χ1n) is 12.0. The first-order valence-corrected chi connectivity index (χ1v) is 12.0. The van der Waals surface area contributed by atoms with Gasteiger partial charge in [0.05, 0.1) is 0 Å². The van der Waals surface area contributed by atoms with Gasteiger partial charge in [0, 0.05) is 24.7 Å². The van der Waals surface area contributed by atoms with E-state index in [0.29, 0.717) is 0 Å². The van der Waals surface area contributed by atoms with E-state index < -0.39 is 0 Å². The fraction of sp³-hybridized carbons (Fsp3) is 0.464. The van der Waals surface area contributed by atoms with E-state index in [1.165, 1.54) is 55.2 Å². The van der Waals surface area contributed by atoms with Gasteiger partial charge in [-0.1, -0.05) is 79.2 Å². The molecule has 0 bridgehead atoms. The minimum atomic E-state index is -0.250. The number of aryl methyl sites for hydroxylation is 1. The highest BCUT2D eigenvalue weighted by molar-refractivity contribution is 5.48. The maximum atomic E-state index is 8.36. The highest BCUT2D eigenvalue weighted by Crippen LogP contribution is 2.25. The third kappa shape index (κ3) is 11.3. The second-order valence-electron chi connectivity index (χ2n) is 8.69. The van der Waals surface area contributed by atoms with Crippen LogP contribution in [0.4, 0.5) is 0 Å². The minimum absolute atomic E-state index is 0.250. The summed E-state index contributed by atoms with van der Waals surface area (Å²) in [6.45, 7) is 5.07. The molecule has 0 aliphatic heterocycles. The second kappa shape index (κ2) is 15.4. The maximum Gasteiger partial charge on any atom is 0.290 e. The lowest BCUT2D eigenvalue weighted by molar-refractivity contribution is -0.122. The van der Waals surface area contributed by atoms with Crippen molar-refractivity contribution >= 4 is 12.5 Å². The Hall–Kier alpha value is -2.43. The van der Waals surface area contributed by atoms with Crippen molar-refractivity contribution in [2.24, 2.45) is 0 Å². The van der Waals surface area contributed by atoms with Crippen molar-refractivity contribution in [1.82, 2.24) is 10.6 Å². The average molecular weight is 437 g/mol. The molecule has 2 aliphatic carbocycles. The Morgan fingerprint density at radius 1 is 0.906 bits per heavy atom. The van der Waals surface area contributed by atoms with Gasteiger partial charge in [-0.2, -0.15) is 0 Å². The first-order chi connectivity index (χ1) is 15.6. The lowest BCUT2D eigenvalue weighted by atomic mass is 9.91. The van der Waals surface area contributed by atoms with Crippen molar-refractivity contribution in [2.45, 2.75) is 83.5 Å². The van der Waals surface area contributed by atoms with E-state index in [-0.39, 0.29) is 6.47 Å². The number of allylic oxidation sites excluding steroid dienone is 1. The number of carbonyl (C=O) groups is 1. The Balaban J connectivity index is 0.000000235. The predicted molar refractivity (Wildman–Crippen MR) is 135 cm³/mol. The van der Waals surface area contributed by atoms with Crippen molar-refractivity contribution in [2.75, 3.05) is 0 Å². The molecule has 0 saturated heterocycles. The van der Waals surface area contributed by atoms with Crippen LogP contribution in [0.5, 0.6) is 0 Å². The van der Waals surface area contributed by atoms with Crippen molar-refractivity contribution in [3.63, 3.8) is 0 Å². The topological polar surface area (TPSA) is 61.4 Å². The molecule has 2 saturated carbocycles. The summed E-state index contributed by atoms with van der Waals surface area (Å²) >= 11 is 0. The van der Waals surface area contributed by atoms with Gasteiger partial charge in [-0.25, -0.2) is 0 Å². The van der Waals surface area contributed by atoms with E-state index in [1.54, 1.807) is 0 Å². The molecular weight excluding hydrogens is 396 g/mol. The van der Waals surface area contributed by atoms with Crippen LogP contribution in [0.15, 0.2) is 60.7 Å². The van der Waals surface area contributed by atoms with Gasteiger partial charge in [-0.05, 0) is 63.0 Å². The molecule has 174 valence electrons. The van der Waals surface area contributed by atoms with E-state index in [9.17, 15) is 0 Å². The van der Waals surface area contributed by atoms with Crippen LogP contribution in [-0.2, 0) is 11.3 Å². The van der Waals surface area contributed by atoms with Crippen molar-refractivity contribution in [3.8, 4) is 0 Å². The zero-order valence-corrected chi connectivity index (χ0v) is 19.7. The third-order valence-corrected chi connectivity index (χ3v) is 5.80. The quantitative estimate of drug-likeness (QED) is 0.469.